The minimum absolute atomic E-state index is 0.0553. The van der Waals surface area contributed by atoms with Crippen LogP contribution in [0.15, 0.2) is 5.38 Å². The third kappa shape index (κ3) is 6.77. The zero-order valence-electron chi connectivity index (χ0n) is 17.2. The van der Waals surface area contributed by atoms with Crippen molar-refractivity contribution in [2.24, 2.45) is 0 Å². The molecule has 8 heteroatoms. The van der Waals surface area contributed by atoms with E-state index in [0.29, 0.717) is 25.4 Å². The van der Waals surface area contributed by atoms with Crippen molar-refractivity contribution < 1.29 is 14.3 Å². The molecule has 27 heavy (non-hydrogen) atoms. The molecule has 0 spiro atoms. The number of rotatable bonds is 5. The Labute approximate surface area is 166 Å². The van der Waals surface area contributed by atoms with Gasteiger partial charge in [0.2, 0.25) is 5.91 Å². The van der Waals surface area contributed by atoms with E-state index >= 15 is 0 Å². The monoisotopic (exact) mass is 396 g/mol. The van der Waals surface area contributed by atoms with Gasteiger partial charge in [-0.2, -0.15) is 0 Å². The number of thiazole rings is 1. The molecule has 0 aromatic carbocycles. The van der Waals surface area contributed by atoms with Gasteiger partial charge >= 0.3 is 6.09 Å². The molecule has 2 amide bonds. The van der Waals surface area contributed by atoms with Crippen LogP contribution in [-0.2, 0) is 16.0 Å². The van der Waals surface area contributed by atoms with Crippen LogP contribution in [0.3, 0.4) is 0 Å². The maximum Gasteiger partial charge on any atom is 0.407 e. The van der Waals surface area contributed by atoms with Gasteiger partial charge in [-0.15, -0.1) is 11.3 Å². The summed E-state index contributed by atoms with van der Waals surface area (Å²) in [6, 6.07) is -0.0769. The smallest absolute Gasteiger partial charge is 0.407 e. The zero-order valence-corrected chi connectivity index (χ0v) is 18.1. The normalized spacial score (nSPS) is 18.6. The fourth-order valence-electron chi connectivity index (χ4n) is 2.95. The first kappa shape index (κ1) is 21.6. The molecule has 1 atom stereocenters. The van der Waals surface area contributed by atoms with Crippen molar-refractivity contribution in [3.05, 3.63) is 16.1 Å². The summed E-state index contributed by atoms with van der Waals surface area (Å²) in [4.78, 5) is 33.4. The van der Waals surface area contributed by atoms with Crippen molar-refractivity contribution in [1.29, 1.82) is 0 Å². The van der Waals surface area contributed by atoms with E-state index in [9.17, 15) is 9.59 Å². The second-order valence-electron chi connectivity index (χ2n) is 8.39. The molecule has 0 bridgehead atoms. The van der Waals surface area contributed by atoms with Gasteiger partial charge in [0.1, 0.15) is 5.60 Å². The van der Waals surface area contributed by atoms with Crippen LogP contribution in [0.5, 0.6) is 0 Å². The molecule has 0 radical (unpaired) electrons. The molecule has 1 unspecified atom stereocenters. The van der Waals surface area contributed by atoms with Crippen molar-refractivity contribution >= 4 is 23.3 Å². The van der Waals surface area contributed by atoms with Crippen LogP contribution in [0.2, 0.25) is 0 Å². The summed E-state index contributed by atoms with van der Waals surface area (Å²) in [6.45, 7) is 12.3. The number of nitrogens with zero attached hydrogens (tertiary/aromatic N) is 3. The third-order valence-corrected chi connectivity index (χ3v) is 5.48. The highest BCUT2D eigenvalue weighted by molar-refractivity contribution is 7.09. The Morgan fingerprint density at radius 1 is 1.37 bits per heavy atom. The van der Waals surface area contributed by atoms with Gasteiger partial charge in [0.25, 0.3) is 0 Å². The molecular weight excluding hydrogens is 364 g/mol. The number of piperazine rings is 1. The van der Waals surface area contributed by atoms with Crippen LogP contribution in [0.25, 0.3) is 0 Å². The predicted molar refractivity (Wildman–Crippen MR) is 107 cm³/mol. The van der Waals surface area contributed by atoms with Gasteiger partial charge in [-0.1, -0.05) is 13.8 Å². The summed E-state index contributed by atoms with van der Waals surface area (Å²) in [5, 5.41) is 5.83. The molecule has 1 aliphatic rings. The quantitative estimate of drug-likeness (QED) is 0.828. The van der Waals surface area contributed by atoms with E-state index < -0.39 is 11.7 Å². The molecule has 1 aliphatic heterocycles. The zero-order chi connectivity index (χ0) is 20.2. The third-order valence-electron chi connectivity index (χ3n) is 4.28. The lowest BCUT2D eigenvalue weighted by Gasteiger charge is -2.40. The summed E-state index contributed by atoms with van der Waals surface area (Å²) >= 11 is 1.60. The Hall–Kier alpha value is -1.67. The highest BCUT2D eigenvalue weighted by Crippen LogP contribution is 2.20. The predicted octanol–water partition coefficient (Wildman–Crippen LogP) is 2.48. The summed E-state index contributed by atoms with van der Waals surface area (Å²) in [6.07, 6.45) is -0.153. The van der Waals surface area contributed by atoms with Gasteiger partial charge < -0.3 is 19.9 Å². The van der Waals surface area contributed by atoms with Gasteiger partial charge in [0, 0.05) is 37.5 Å². The lowest BCUT2D eigenvalue weighted by Crippen LogP contribution is -2.58. The molecule has 1 fully saturated rings. The Kier molecular flexibility index (Phi) is 7.22. The molecule has 7 nitrogen and oxygen atoms in total. The van der Waals surface area contributed by atoms with E-state index in [1.165, 1.54) is 0 Å². The minimum Gasteiger partial charge on any atom is -0.444 e. The topological polar surface area (TPSA) is 74.8 Å². The van der Waals surface area contributed by atoms with Crippen molar-refractivity contribution in [2.45, 2.75) is 58.6 Å². The second-order valence-corrected chi connectivity index (χ2v) is 9.28. The number of carbonyl (C=O) groups excluding carboxylic acids is 2. The average molecular weight is 397 g/mol. The van der Waals surface area contributed by atoms with Gasteiger partial charge in [-0.05, 0) is 27.8 Å². The fraction of sp³-hybridized carbons (Fsp3) is 0.737. The standard InChI is InChI=1S/C19H32N4O3S/c1-13(2)17-21-14(12-27-17)9-16(24)23-8-7-22(6)11-15(23)10-20-18(25)26-19(3,4)5/h12-13,15H,7-11H2,1-6H3,(H,20,25). The van der Waals surface area contributed by atoms with Crippen LogP contribution >= 0.6 is 11.3 Å². The number of ether oxygens (including phenoxy) is 1. The first-order valence-electron chi connectivity index (χ1n) is 9.44. The number of carbonyl (C=O) groups is 2. The lowest BCUT2D eigenvalue weighted by molar-refractivity contribution is -0.135. The highest BCUT2D eigenvalue weighted by atomic mass is 32.1. The summed E-state index contributed by atoms with van der Waals surface area (Å²) in [7, 11) is 2.03. The largest absolute Gasteiger partial charge is 0.444 e. The molecular formula is C19H32N4O3S. The fourth-order valence-corrected chi connectivity index (χ4v) is 3.79. The summed E-state index contributed by atoms with van der Waals surface area (Å²) in [5.74, 6) is 0.424. The molecule has 2 heterocycles. The first-order chi connectivity index (χ1) is 12.5. The van der Waals surface area contributed by atoms with Gasteiger partial charge in [0.05, 0.1) is 23.2 Å². The highest BCUT2D eigenvalue weighted by Gasteiger charge is 2.30. The van der Waals surface area contributed by atoms with E-state index in [4.69, 9.17) is 4.74 Å². The molecule has 0 saturated carbocycles. The molecule has 2 rings (SSSR count). The number of hydrogen-bond donors (Lipinski definition) is 1. The van der Waals surface area contributed by atoms with Crippen LogP contribution in [0.1, 0.15) is 51.2 Å². The van der Waals surface area contributed by atoms with E-state index in [1.807, 2.05) is 38.1 Å². The molecule has 1 aromatic rings. The summed E-state index contributed by atoms with van der Waals surface area (Å²) < 4.78 is 5.30. The van der Waals surface area contributed by atoms with Crippen LogP contribution < -0.4 is 5.32 Å². The van der Waals surface area contributed by atoms with Crippen molar-refractivity contribution in [3.8, 4) is 0 Å². The molecule has 1 saturated heterocycles. The molecule has 152 valence electrons. The van der Waals surface area contributed by atoms with Crippen LogP contribution in [-0.4, -0.2) is 71.7 Å². The number of hydrogen-bond acceptors (Lipinski definition) is 6. The second kappa shape index (κ2) is 9.01. The average Bonchev–Trinajstić information content (AvgIpc) is 3.00. The van der Waals surface area contributed by atoms with E-state index in [2.05, 4.69) is 29.0 Å². The molecule has 0 aliphatic carbocycles. The van der Waals surface area contributed by atoms with Gasteiger partial charge in [0.15, 0.2) is 0 Å². The Morgan fingerprint density at radius 2 is 2.07 bits per heavy atom. The minimum atomic E-state index is -0.540. The first-order valence-corrected chi connectivity index (χ1v) is 10.3. The van der Waals surface area contributed by atoms with Crippen LogP contribution in [0.4, 0.5) is 4.79 Å². The number of amides is 2. The SMILES string of the molecule is CC(C)c1nc(CC(=O)N2CCN(C)CC2CNC(=O)OC(C)(C)C)cs1. The van der Waals surface area contributed by atoms with E-state index in [1.54, 1.807) is 11.3 Å². The van der Waals surface area contributed by atoms with Crippen LogP contribution in [0, 0.1) is 0 Å². The number of alkyl carbamates (subject to hydrolysis) is 1. The number of aromatic nitrogens is 1. The van der Waals surface area contributed by atoms with E-state index in [-0.39, 0.29) is 11.9 Å². The lowest BCUT2D eigenvalue weighted by atomic mass is 10.1. The van der Waals surface area contributed by atoms with Crippen molar-refractivity contribution in [1.82, 2.24) is 20.1 Å². The molecule has 1 N–H and O–H groups in total. The number of likely N-dealkylation sites (N-methyl/N-ethyl adjacent to an activating group) is 1. The Balaban J connectivity index is 1.96. The summed E-state index contributed by atoms with van der Waals surface area (Å²) in [5.41, 5.74) is 0.285. The maximum absolute atomic E-state index is 12.9. The van der Waals surface area contributed by atoms with Crippen molar-refractivity contribution in [2.75, 3.05) is 33.2 Å². The molecule has 1 aromatic heterocycles. The van der Waals surface area contributed by atoms with Gasteiger partial charge in [-0.25, -0.2) is 9.78 Å². The van der Waals surface area contributed by atoms with Gasteiger partial charge in [-0.3, -0.25) is 4.79 Å². The van der Waals surface area contributed by atoms with E-state index in [0.717, 1.165) is 23.8 Å². The number of nitrogens with one attached hydrogen (secondary N) is 1. The maximum atomic E-state index is 12.9. The Morgan fingerprint density at radius 3 is 2.67 bits per heavy atom. The van der Waals surface area contributed by atoms with Crippen molar-refractivity contribution in [3.63, 3.8) is 0 Å². The Bertz CT molecular complexity index is 654.